The second kappa shape index (κ2) is 3.89. The third kappa shape index (κ3) is 1.83. The van der Waals surface area contributed by atoms with Gasteiger partial charge in [0.15, 0.2) is 5.11 Å². The first-order valence-corrected chi connectivity index (χ1v) is 5.31. The van der Waals surface area contributed by atoms with Crippen LogP contribution in [0.5, 0.6) is 0 Å². The summed E-state index contributed by atoms with van der Waals surface area (Å²) in [5.74, 6) is 0. The van der Waals surface area contributed by atoms with Gasteiger partial charge in [-0.1, -0.05) is 0 Å². The maximum atomic E-state index is 5.00. The van der Waals surface area contributed by atoms with Gasteiger partial charge in [-0.25, -0.2) is 0 Å². The van der Waals surface area contributed by atoms with E-state index in [2.05, 4.69) is 15.0 Å². The molecule has 1 heterocycles. The maximum absolute atomic E-state index is 5.00. The molecule has 1 aromatic carbocycles. The molecule has 0 radical (unpaired) electrons. The van der Waals surface area contributed by atoms with E-state index in [1.807, 2.05) is 24.4 Å². The number of hydrogen-bond donors (Lipinski definition) is 2. The number of thiocarbonyl (C=S) groups is 1. The molecule has 0 spiro atoms. The molecule has 0 unspecified atom stereocenters. The molecule has 2 aromatic rings. The molecule has 14 heavy (non-hydrogen) atoms. The van der Waals surface area contributed by atoms with Gasteiger partial charge in [-0.3, -0.25) is 0 Å². The Labute approximate surface area is 91.3 Å². The Morgan fingerprint density at radius 3 is 3.14 bits per heavy atom. The van der Waals surface area contributed by atoms with Gasteiger partial charge in [-0.05, 0) is 41.9 Å². The minimum atomic E-state index is 0.618. The van der Waals surface area contributed by atoms with Crippen LogP contribution in [-0.2, 0) is 0 Å². The van der Waals surface area contributed by atoms with Gasteiger partial charge in [0.05, 0.1) is 4.70 Å². The van der Waals surface area contributed by atoms with Crippen LogP contribution in [0, 0.1) is 0 Å². The van der Waals surface area contributed by atoms with E-state index in [1.165, 1.54) is 16.2 Å². The SMILES string of the molecule is CNC(=S)Nc1ccc2sncc2c1. The van der Waals surface area contributed by atoms with Crippen LogP contribution in [0.15, 0.2) is 24.4 Å². The van der Waals surface area contributed by atoms with Gasteiger partial charge in [0.25, 0.3) is 0 Å². The highest BCUT2D eigenvalue weighted by Crippen LogP contribution is 2.21. The normalized spacial score (nSPS) is 10.1. The molecule has 72 valence electrons. The Morgan fingerprint density at radius 2 is 2.36 bits per heavy atom. The number of anilines is 1. The average Bonchev–Trinajstić information content (AvgIpc) is 2.64. The summed E-state index contributed by atoms with van der Waals surface area (Å²) in [4.78, 5) is 0. The minimum Gasteiger partial charge on any atom is -0.366 e. The zero-order chi connectivity index (χ0) is 9.97. The topological polar surface area (TPSA) is 37.0 Å². The molecule has 0 fully saturated rings. The Balaban J connectivity index is 2.30. The molecule has 0 atom stereocenters. The summed E-state index contributed by atoms with van der Waals surface area (Å²) >= 11 is 6.50. The summed E-state index contributed by atoms with van der Waals surface area (Å²) in [5.41, 5.74) is 0.983. The predicted molar refractivity (Wildman–Crippen MR) is 64.9 cm³/mol. The van der Waals surface area contributed by atoms with Crippen molar-refractivity contribution in [3.63, 3.8) is 0 Å². The summed E-state index contributed by atoms with van der Waals surface area (Å²) in [6.45, 7) is 0. The van der Waals surface area contributed by atoms with Gasteiger partial charge in [0, 0.05) is 24.3 Å². The lowest BCUT2D eigenvalue weighted by molar-refractivity contribution is 1.20. The summed E-state index contributed by atoms with van der Waals surface area (Å²) < 4.78 is 5.29. The second-order valence-corrected chi connectivity index (χ2v) is 4.02. The first-order valence-electron chi connectivity index (χ1n) is 4.13. The Morgan fingerprint density at radius 1 is 1.50 bits per heavy atom. The van der Waals surface area contributed by atoms with Crippen molar-refractivity contribution in [2.45, 2.75) is 0 Å². The lowest BCUT2D eigenvalue weighted by atomic mass is 10.2. The molecular weight excluding hydrogens is 214 g/mol. The number of fused-ring (bicyclic) bond motifs is 1. The molecule has 0 bridgehead atoms. The van der Waals surface area contributed by atoms with Crippen molar-refractivity contribution < 1.29 is 0 Å². The van der Waals surface area contributed by atoms with Crippen molar-refractivity contribution in [2.24, 2.45) is 0 Å². The van der Waals surface area contributed by atoms with E-state index in [0.29, 0.717) is 5.11 Å². The summed E-state index contributed by atoms with van der Waals surface area (Å²) in [6, 6.07) is 6.06. The van der Waals surface area contributed by atoms with Crippen molar-refractivity contribution in [3.05, 3.63) is 24.4 Å². The Kier molecular flexibility index (Phi) is 2.60. The molecule has 2 N–H and O–H groups in total. The molecule has 0 amide bonds. The molecule has 1 aromatic heterocycles. The van der Waals surface area contributed by atoms with Crippen molar-refractivity contribution in [3.8, 4) is 0 Å². The zero-order valence-corrected chi connectivity index (χ0v) is 9.21. The third-order valence-electron chi connectivity index (χ3n) is 1.84. The van der Waals surface area contributed by atoms with Crippen LogP contribution in [0.1, 0.15) is 0 Å². The van der Waals surface area contributed by atoms with E-state index in [9.17, 15) is 0 Å². The van der Waals surface area contributed by atoms with E-state index >= 15 is 0 Å². The number of nitrogens with zero attached hydrogens (tertiary/aromatic N) is 1. The monoisotopic (exact) mass is 223 g/mol. The van der Waals surface area contributed by atoms with Crippen LogP contribution in [0.4, 0.5) is 5.69 Å². The number of nitrogens with one attached hydrogen (secondary N) is 2. The first kappa shape index (κ1) is 9.36. The Hall–Kier alpha value is -1.20. The van der Waals surface area contributed by atoms with Crippen LogP contribution < -0.4 is 10.6 Å². The van der Waals surface area contributed by atoms with Crippen LogP contribution in [0.25, 0.3) is 10.1 Å². The number of rotatable bonds is 1. The van der Waals surface area contributed by atoms with Crippen LogP contribution in [-0.4, -0.2) is 16.5 Å². The number of aromatic nitrogens is 1. The Bertz CT molecular complexity index is 464. The third-order valence-corrected chi connectivity index (χ3v) is 2.92. The lowest BCUT2D eigenvalue weighted by Gasteiger charge is -2.06. The number of hydrogen-bond acceptors (Lipinski definition) is 3. The zero-order valence-electron chi connectivity index (χ0n) is 7.57. The van der Waals surface area contributed by atoms with Crippen LogP contribution in [0.2, 0.25) is 0 Å². The quantitative estimate of drug-likeness (QED) is 0.727. The molecule has 0 aliphatic rings. The summed E-state index contributed by atoms with van der Waals surface area (Å²) in [5, 5.41) is 7.69. The van der Waals surface area contributed by atoms with Crippen molar-refractivity contribution in [1.29, 1.82) is 0 Å². The molecule has 3 nitrogen and oxygen atoms in total. The molecule has 5 heteroatoms. The highest BCUT2D eigenvalue weighted by molar-refractivity contribution is 7.80. The largest absolute Gasteiger partial charge is 0.366 e. The van der Waals surface area contributed by atoms with Gasteiger partial charge < -0.3 is 10.6 Å². The fraction of sp³-hybridized carbons (Fsp3) is 0.111. The highest BCUT2D eigenvalue weighted by atomic mass is 32.1. The fourth-order valence-electron chi connectivity index (χ4n) is 1.14. The van der Waals surface area contributed by atoms with Gasteiger partial charge in [-0.15, -0.1) is 0 Å². The van der Waals surface area contributed by atoms with Gasteiger partial charge in [0.2, 0.25) is 0 Å². The fourth-order valence-corrected chi connectivity index (χ4v) is 1.89. The minimum absolute atomic E-state index is 0.618. The van der Waals surface area contributed by atoms with Crippen molar-refractivity contribution in [2.75, 3.05) is 12.4 Å². The van der Waals surface area contributed by atoms with Crippen molar-refractivity contribution >= 4 is 44.6 Å². The van der Waals surface area contributed by atoms with Gasteiger partial charge in [-0.2, -0.15) is 4.37 Å². The maximum Gasteiger partial charge on any atom is 0.170 e. The number of benzene rings is 1. The van der Waals surface area contributed by atoms with Crippen molar-refractivity contribution in [1.82, 2.24) is 9.69 Å². The van der Waals surface area contributed by atoms with Gasteiger partial charge >= 0.3 is 0 Å². The predicted octanol–water partition coefficient (Wildman–Crippen LogP) is 2.21. The summed E-state index contributed by atoms with van der Waals surface area (Å²) in [6.07, 6.45) is 1.85. The van der Waals surface area contributed by atoms with E-state index in [0.717, 1.165) is 11.1 Å². The molecule has 0 saturated heterocycles. The lowest BCUT2D eigenvalue weighted by Crippen LogP contribution is -2.23. The smallest absolute Gasteiger partial charge is 0.170 e. The van der Waals surface area contributed by atoms with Crippen LogP contribution in [0.3, 0.4) is 0 Å². The van der Waals surface area contributed by atoms with E-state index < -0.39 is 0 Å². The molecule has 2 rings (SSSR count). The summed E-state index contributed by atoms with van der Waals surface area (Å²) in [7, 11) is 1.79. The highest BCUT2D eigenvalue weighted by Gasteiger charge is 1.99. The average molecular weight is 223 g/mol. The van der Waals surface area contributed by atoms with E-state index in [4.69, 9.17) is 12.2 Å². The van der Waals surface area contributed by atoms with E-state index in [-0.39, 0.29) is 0 Å². The van der Waals surface area contributed by atoms with Gasteiger partial charge in [0.1, 0.15) is 0 Å². The van der Waals surface area contributed by atoms with E-state index in [1.54, 1.807) is 7.05 Å². The first-order chi connectivity index (χ1) is 6.79. The molecule has 0 saturated carbocycles. The molecule has 0 aliphatic heterocycles. The standard InChI is InChI=1S/C9H9N3S2/c1-10-9(13)12-7-2-3-8-6(4-7)5-11-14-8/h2-5H,1H3,(H2,10,12,13). The second-order valence-electron chi connectivity index (χ2n) is 2.78. The molecular formula is C9H9N3S2. The molecule has 0 aliphatic carbocycles. The van der Waals surface area contributed by atoms with Crippen LogP contribution >= 0.6 is 23.8 Å².